The lowest BCUT2D eigenvalue weighted by Gasteiger charge is -2.12. The van der Waals surface area contributed by atoms with Crippen molar-refractivity contribution in [1.29, 1.82) is 10.5 Å². The van der Waals surface area contributed by atoms with Crippen LogP contribution < -0.4 is 9.47 Å². The van der Waals surface area contributed by atoms with E-state index in [0.717, 1.165) is 43.2 Å². The number of esters is 1. The monoisotopic (exact) mass is 538 g/mol. The van der Waals surface area contributed by atoms with Crippen molar-refractivity contribution in [2.45, 2.75) is 84.5 Å². The van der Waals surface area contributed by atoms with E-state index in [-0.39, 0.29) is 16.9 Å². The molecule has 208 valence electrons. The Kier molecular flexibility index (Phi) is 12.6. The maximum atomic E-state index is 12.8. The smallest absolute Gasteiger partial charge is 0.343 e. The number of aryl methyl sites for hydroxylation is 1. The van der Waals surface area contributed by atoms with Crippen molar-refractivity contribution < 1.29 is 14.3 Å². The largest absolute Gasteiger partial charge is 0.492 e. The molecule has 0 radical (unpaired) electrons. The summed E-state index contributed by atoms with van der Waals surface area (Å²) in [7, 11) is 0. The Morgan fingerprint density at radius 1 is 0.750 bits per heavy atom. The van der Waals surface area contributed by atoms with E-state index in [1.165, 1.54) is 44.6 Å². The fraction of sp³-hybridized carbons (Fsp3) is 0.424. The van der Waals surface area contributed by atoms with Crippen LogP contribution in [0.2, 0.25) is 0 Å². The van der Waals surface area contributed by atoms with Crippen molar-refractivity contribution >= 4 is 5.97 Å². The van der Waals surface area contributed by atoms with Crippen LogP contribution in [0, 0.1) is 22.7 Å². The molecule has 3 rings (SSSR count). The first-order valence-corrected chi connectivity index (χ1v) is 14.3. The number of ether oxygens (including phenoxy) is 2. The van der Waals surface area contributed by atoms with Crippen LogP contribution >= 0.6 is 0 Å². The summed E-state index contributed by atoms with van der Waals surface area (Å²) in [5.74, 6) is 0.303. The zero-order valence-electron chi connectivity index (χ0n) is 23.6. The molecular weight excluding hydrogens is 500 g/mol. The molecule has 0 unspecified atom stereocenters. The van der Waals surface area contributed by atoms with Crippen LogP contribution in [0.3, 0.4) is 0 Å². The SMILES string of the molecule is CCCCCCCCOc1ccc(OC(=O)c2ccc(-c3ncc(CCCCCC)cn3)cc2)c(C#N)c1C#N. The van der Waals surface area contributed by atoms with Gasteiger partial charge < -0.3 is 9.47 Å². The average Bonchev–Trinajstić information content (AvgIpc) is 2.99. The zero-order chi connectivity index (χ0) is 28.6. The van der Waals surface area contributed by atoms with E-state index in [2.05, 4.69) is 23.8 Å². The number of benzene rings is 2. The Labute approximate surface area is 237 Å². The van der Waals surface area contributed by atoms with Crippen LogP contribution in [0.15, 0.2) is 48.8 Å². The number of nitriles is 2. The minimum atomic E-state index is -0.629. The summed E-state index contributed by atoms with van der Waals surface area (Å²) in [5.41, 5.74) is 2.26. The van der Waals surface area contributed by atoms with Gasteiger partial charge in [0.25, 0.3) is 0 Å². The van der Waals surface area contributed by atoms with Crippen molar-refractivity contribution in [3.8, 4) is 35.0 Å². The highest BCUT2D eigenvalue weighted by atomic mass is 16.5. The zero-order valence-corrected chi connectivity index (χ0v) is 23.6. The molecule has 40 heavy (non-hydrogen) atoms. The van der Waals surface area contributed by atoms with Gasteiger partial charge in [0.15, 0.2) is 11.6 Å². The molecule has 0 bridgehead atoms. The van der Waals surface area contributed by atoms with Gasteiger partial charge in [-0.15, -0.1) is 0 Å². The molecule has 7 heteroatoms. The first-order chi connectivity index (χ1) is 19.6. The van der Waals surface area contributed by atoms with Crippen molar-refractivity contribution in [1.82, 2.24) is 9.97 Å². The lowest BCUT2D eigenvalue weighted by atomic mass is 10.1. The highest BCUT2D eigenvalue weighted by molar-refractivity contribution is 5.92. The number of hydrogen-bond donors (Lipinski definition) is 0. The van der Waals surface area contributed by atoms with Crippen LogP contribution in [0.1, 0.15) is 105 Å². The highest BCUT2D eigenvalue weighted by Gasteiger charge is 2.19. The molecule has 0 aliphatic heterocycles. The molecule has 0 fully saturated rings. The maximum absolute atomic E-state index is 12.8. The predicted molar refractivity (Wildman–Crippen MR) is 155 cm³/mol. The van der Waals surface area contributed by atoms with E-state index >= 15 is 0 Å². The standard InChI is InChI=1S/C33H38N4O3/c1-3-5-7-9-10-12-20-39-30-18-19-31(29(22-35)28(30)21-34)40-33(38)27-16-14-26(15-17-27)32-36-23-25(24-37-32)13-11-8-6-4-2/h14-19,23-24H,3-13,20H2,1-2H3. The Morgan fingerprint density at radius 2 is 1.32 bits per heavy atom. The van der Waals surface area contributed by atoms with Crippen LogP contribution in [0.25, 0.3) is 11.4 Å². The van der Waals surface area contributed by atoms with Crippen LogP contribution in [-0.2, 0) is 6.42 Å². The van der Waals surface area contributed by atoms with Crippen LogP contribution in [0.4, 0.5) is 0 Å². The Balaban J connectivity index is 1.61. The molecule has 0 saturated carbocycles. The highest BCUT2D eigenvalue weighted by Crippen LogP contribution is 2.30. The molecule has 0 saturated heterocycles. The molecular formula is C33H38N4O3. The lowest BCUT2D eigenvalue weighted by Crippen LogP contribution is -2.10. The predicted octanol–water partition coefficient (Wildman–Crippen LogP) is 7.97. The Morgan fingerprint density at radius 3 is 1.98 bits per heavy atom. The van der Waals surface area contributed by atoms with Gasteiger partial charge >= 0.3 is 5.97 Å². The van der Waals surface area contributed by atoms with E-state index < -0.39 is 5.97 Å². The third-order valence-electron chi connectivity index (χ3n) is 6.71. The lowest BCUT2D eigenvalue weighted by molar-refractivity contribution is 0.0734. The molecule has 0 amide bonds. The van der Waals surface area contributed by atoms with Gasteiger partial charge in [0.2, 0.25) is 0 Å². The van der Waals surface area contributed by atoms with Crippen molar-refractivity contribution in [3.63, 3.8) is 0 Å². The van der Waals surface area contributed by atoms with Gasteiger partial charge in [-0.05, 0) is 49.1 Å². The van der Waals surface area contributed by atoms with Gasteiger partial charge in [0.05, 0.1) is 12.2 Å². The number of carbonyl (C=O) groups excluding carboxylic acids is 1. The van der Waals surface area contributed by atoms with E-state index in [1.807, 2.05) is 24.5 Å². The number of rotatable bonds is 16. The molecule has 0 atom stereocenters. The number of aromatic nitrogens is 2. The third-order valence-corrected chi connectivity index (χ3v) is 6.71. The third kappa shape index (κ3) is 8.92. The summed E-state index contributed by atoms with van der Waals surface area (Å²) in [5, 5.41) is 19.4. The minimum absolute atomic E-state index is 0.0175. The summed E-state index contributed by atoms with van der Waals surface area (Å²) < 4.78 is 11.3. The van der Waals surface area contributed by atoms with Gasteiger partial charge in [-0.2, -0.15) is 10.5 Å². The van der Waals surface area contributed by atoms with E-state index in [9.17, 15) is 15.3 Å². The Bertz CT molecular complexity index is 1310. The summed E-state index contributed by atoms with van der Waals surface area (Å²) in [4.78, 5) is 21.8. The fourth-order valence-electron chi connectivity index (χ4n) is 4.36. The molecule has 0 N–H and O–H groups in total. The van der Waals surface area contributed by atoms with Gasteiger partial charge in [0, 0.05) is 18.0 Å². The molecule has 0 spiro atoms. The van der Waals surface area contributed by atoms with E-state index in [1.54, 1.807) is 30.3 Å². The van der Waals surface area contributed by atoms with Gasteiger partial charge in [0.1, 0.15) is 29.0 Å². The molecule has 3 aromatic rings. The maximum Gasteiger partial charge on any atom is 0.343 e. The average molecular weight is 539 g/mol. The molecule has 1 aromatic heterocycles. The topological polar surface area (TPSA) is 109 Å². The number of hydrogen-bond acceptors (Lipinski definition) is 7. The first-order valence-electron chi connectivity index (χ1n) is 14.3. The minimum Gasteiger partial charge on any atom is -0.492 e. The van der Waals surface area contributed by atoms with Gasteiger partial charge in [-0.3, -0.25) is 0 Å². The fourth-order valence-corrected chi connectivity index (χ4v) is 4.36. The van der Waals surface area contributed by atoms with E-state index in [4.69, 9.17) is 9.47 Å². The summed E-state index contributed by atoms with van der Waals surface area (Å²) in [6.07, 6.45) is 16.2. The van der Waals surface area contributed by atoms with Crippen LogP contribution in [0.5, 0.6) is 11.5 Å². The van der Waals surface area contributed by atoms with Crippen LogP contribution in [-0.4, -0.2) is 22.5 Å². The number of unbranched alkanes of at least 4 members (excludes halogenated alkanes) is 8. The number of nitrogens with zero attached hydrogens (tertiary/aromatic N) is 4. The second kappa shape index (κ2) is 16.7. The van der Waals surface area contributed by atoms with Crippen molar-refractivity contribution in [2.24, 2.45) is 0 Å². The Hall–Kier alpha value is -4.23. The summed E-state index contributed by atoms with van der Waals surface area (Å²) in [6.45, 7) is 4.84. The molecule has 7 nitrogen and oxygen atoms in total. The quantitative estimate of drug-likeness (QED) is 0.103. The normalized spacial score (nSPS) is 10.5. The molecule has 0 aliphatic rings. The summed E-state index contributed by atoms with van der Waals surface area (Å²) >= 11 is 0. The van der Waals surface area contributed by atoms with Gasteiger partial charge in [-0.25, -0.2) is 14.8 Å². The molecule has 0 aliphatic carbocycles. The molecule has 2 aromatic carbocycles. The van der Waals surface area contributed by atoms with Gasteiger partial charge in [-0.1, -0.05) is 77.3 Å². The van der Waals surface area contributed by atoms with Crippen molar-refractivity contribution in [2.75, 3.05) is 6.61 Å². The first kappa shape index (κ1) is 30.3. The van der Waals surface area contributed by atoms with Crippen molar-refractivity contribution in [3.05, 3.63) is 71.0 Å². The summed E-state index contributed by atoms with van der Waals surface area (Å²) in [6, 6.07) is 13.9. The second-order valence-electron chi connectivity index (χ2n) is 9.84. The second-order valence-corrected chi connectivity index (χ2v) is 9.84. The molecule has 1 heterocycles. The number of carbonyl (C=O) groups is 1. The van der Waals surface area contributed by atoms with E-state index in [0.29, 0.717) is 23.7 Å².